The van der Waals surface area contributed by atoms with Gasteiger partial charge in [-0.2, -0.15) is 0 Å². The summed E-state index contributed by atoms with van der Waals surface area (Å²) in [4.78, 5) is 6.70. The number of aryl methyl sites for hydroxylation is 1. The maximum absolute atomic E-state index is 4.24. The Balaban J connectivity index is 2.22. The van der Waals surface area contributed by atoms with Crippen molar-refractivity contribution < 1.29 is 0 Å². The van der Waals surface area contributed by atoms with E-state index in [1.165, 1.54) is 25.1 Å². The highest BCUT2D eigenvalue weighted by Gasteiger charge is 2.31. The number of nitrogens with zero attached hydrogens (tertiary/aromatic N) is 3. The van der Waals surface area contributed by atoms with E-state index in [0.29, 0.717) is 12.0 Å². The molecule has 1 aliphatic heterocycles. The Bertz CT molecular complexity index is 332. The molecule has 90 valence electrons. The van der Waals surface area contributed by atoms with Gasteiger partial charge >= 0.3 is 0 Å². The molecule has 0 radical (unpaired) electrons. The van der Waals surface area contributed by atoms with Crippen molar-refractivity contribution in [2.24, 2.45) is 13.0 Å². The van der Waals surface area contributed by atoms with Crippen LogP contribution in [-0.4, -0.2) is 41.6 Å². The van der Waals surface area contributed by atoms with Crippen molar-refractivity contribution in [2.45, 2.75) is 18.9 Å². The summed E-state index contributed by atoms with van der Waals surface area (Å²) in [6.07, 6.45) is 6.52. The fourth-order valence-corrected chi connectivity index (χ4v) is 2.86. The zero-order valence-electron chi connectivity index (χ0n) is 10.5. The van der Waals surface area contributed by atoms with Gasteiger partial charge in [0.05, 0.1) is 18.1 Å². The molecule has 2 rings (SSSR count). The molecule has 0 spiro atoms. The molecule has 2 heterocycles. The molecular weight excluding hydrogens is 200 g/mol. The van der Waals surface area contributed by atoms with E-state index in [-0.39, 0.29) is 0 Å². The van der Waals surface area contributed by atoms with Gasteiger partial charge in [-0.25, -0.2) is 4.98 Å². The van der Waals surface area contributed by atoms with Gasteiger partial charge in [-0.15, -0.1) is 0 Å². The average Bonchev–Trinajstić information content (AvgIpc) is 2.65. The second kappa shape index (κ2) is 4.97. The van der Waals surface area contributed by atoms with E-state index < -0.39 is 0 Å². The molecule has 1 aromatic heterocycles. The first-order valence-electron chi connectivity index (χ1n) is 6.05. The van der Waals surface area contributed by atoms with E-state index >= 15 is 0 Å². The molecular formula is C12H22N4. The quantitative estimate of drug-likeness (QED) is 0.829. The lowest BCUT2D eigenvalue weighted by Gasteiger charge is -2.39. The molecule has 1 aromatic rings. The topological polar surface area (TPSA) is 33.1 Å². The molecule has 0 amide bonds. The predicted molar refractivity (Wildman–Crippen MR) is 65.2 cm³/mol. The van der Waals surface area contributed by atoms with Crippen molar-refractivity contribution in [3.63, 3.8) is 0 Å². The number of hydrogen-bond donors (Lipinski definition) is 1. The average molecular weight is 222 g/mol. The Hall–Kier alpha value is -0.870. The van der Waals surface area contributed by atoms with Crippen molar-refractivity contribution in [3.8, 4) is 0 Å². The minimum Gasteiger partial charge on any atom is -0.336 e. The molecule has 0 aromatic carbocycles. The number of rotatable bonds is 3. The molecule has 1 aliphatic rings. The summed E-state index contributed by atoms with van der Waals surface area (Å²) < 4.78 is 2.15. The molecule has 4 nitrogen and oxygen atoms in total. The van der Waals surface area contributed by atoms with Gasteiger partial charge in [0.25, 0.3) is 0 Å². The lowest BCUT2D eigenvalue weighted by molar-refractivity contribution is 0.115. The summed E-state index contributed by atoms with van der Waals surface area (Å²) in [5.41, 5.74) is 1.34. The van der Waals surface area contributed by atoms with Crippen LogP contribution in [-0.2, 0) is 7.05 Å². The van der Waals surface area contributed by atoms with Crippen LogP contribution in [0, 0.1) is 5.92 Å². The van der Waals surface area contributed by atoms with Gasteiger partial charge < -0.3 is 9.88 Å². The molecule has 0 unspecified atom stereocenters. The third kappa shape index (κ3) is 2.13. The van der Waals surface area contributed by atoms with Crippen LogP contribution in [0.25, 0.3) is 0 Å². The zero-order valence-corrected chi connectivity index (χ0v) is 10.5. The molecule has 16 heavy (non-hydrogen) atoms. The normalized spacial score (nSPS) is 27.2. The van der Waals surface area contributed by atoms with Gasteiger partial charge in [0.15, 0.2) is 0 Å². The largest absolute Gasteiger partial charge is 0.336 e. The first kappa shape index (κ1) is 11.6. The molecule has 1 saturated heterocycles. The van der Waals surface area contributed by atoms with Crippen LogP contribution in [0.2, 0.25) is 0 Å². The third-order valence-electron chi connectivity index (χ3n) is 3.63. The van der Waals surface area contributed by atoms with E-state index in [1.54, 1.807) is 0 Å². The highest BCUT2D eigenvalue weighted by Crippen LogP contribution is 2.34. The molecule has 4 heteroatoms. The third-order valence-corrected chi connectivity index (χ3v) is 3.63. The van der Waals surface area contributed by atoms with Crippen LogP contribution in [0.5, 0.6) is 0 Å². The van der Waals surface area contributed by atoms with Crippen LogP contribution >= 0.6 is 0 Å². The van der Waals surface area contributed by atoms with Crippen molar-refractivity contribution in [2.75, 3.05) is 27.2 Å². The van der Waals surface area contributed by atoms with Gasteiger partial charge in [0, 0.05) is 13.2 Å². The van der Waals surface area contributed by atoms with Crippen LogP contribution in [0.15, 0.2) is 12.5 Å². The summed E-state index contributed by atoms with van der Waals surface area (Å²) in [7, 11) is 6.34. The Morgan fingerprint density at radius 2 is 2.31 bits per heavy atom. The second-order valence-corrected chi connectivity index (χ2v) is 4.81. The number of imidazole rings is 1. The molecule has 1 N–H and O–H groups in total. The molecule has 1 fully saturated rings. The zero-order chi connectivity index (χ0) is 11.5. The highest BCUT2D eigenvalue weighted by atomic mass is 15.2. The highest BCUT2D eigenvalue weighted by molar-refractivity contribution is 5.08. The van der Waals surface area contributed by atoms with Crippen molar-refractivity contribution >= 4 is 0 Å². The van der Waals surface area contributed by atoms with Crippen molar-refractivity contribution in [3.05, 3.63) is 18.2 Å². The Labute approximate surface area is 97.7 Å². The smallest absolute Gasteiger partial charge is 0.0946 e. The molecule has 0 saturated carbocycles. The number of hydrogen-bond acceptors (Lipinski definition) is 3. The van der Waals surface area contributed by atoms with Crippen molar-refractivity contribution in [1.29, 1.82) is 0 Å². The standard InChI is InChI=1S/C12H22N4/c1-13-7-10-5-4-6-15(2)12(10)11-8-14-9-16(11)3/h8-10,12-13H,4-7H2,1-3H3/t10-,12+/m1/s1. The van der Waals surface area contributed by atoms with Gasteiger partial charge in [-0.1, -0.05) is 0 Å². The van der Waals surface area contributed by atoms with Gasteiger partial charge in [-0.3, -0.25) is 4.90 Å². The number of likely N-dealkylation sites (tertiary alicyclic amines) is 1. The van der Waals surface area contributed by atoms with Crippen LogP contribution in [0.4, 0.5) is 0 Å². The number of piperidine rings is 1. The number of aromatic nitrogens is 2. The molecule has 2 atom stereocenters. The summed E-state index contributed by atoms with van der Waals surface area (Å²) in [5, 5.41) is 3.31. The maximum Gasteiger partial charge on any atom is 0.0946 e. The molecule has 0 aliphatic carbocycles. The van der Waals surface area contributed by atoms with Crippen molar-refractivity contribution in [1.82, 2.24) is 19.8 Å². The second-order valence-electron chi connectivity index (χ2n) is 4.81. The Kier molecular flexibility index (Phi) is 3.61. The van der Waals surface area contributed by atoms with E-state index in [1.807, 2.05) is 19.6 Å². The Morgan fingerprint density at radius 3 is 2.94 bits per heavy atom. The van der Waals surface area contributed by atoms with Gasteiger partial charge in [0.1, 0.15) is 0 Å². The maximum atomic E-state index is 4.24. The fourth-order valence-electron chi connectivity index (χ4n) is 2.86. The summed E-state index contributed by atoms with van der Waals surface area (Å²) in [5.74, 6) is 0.694. The predicted octanol–water partition coefficient (Wildman–Crippen LogP) is 1.02. The van der Waals surface area contributed by atoms with E-state index in [4.69, 9.17) is 0 Å². The summed E-state index contributed by atoms with van der Waals surface area (Å²) in [6, 6.07) is 0.508. The first-order chi connectivity index (χ1) is 7.74. The van der Waals surface area contributed by atoms with Crippen LogP contribution < -0.4 is 5.32 Å². The van der Waals surface area contributed by atoms with Gasteiger partial charge in [0.2, 0.25) is 0 Å². The first-order valence-corrected chi connectivity index (χ1v) is 6.05. The van der Waals surface area contributed by atoms with Gasteiger partial charge in [-0.05, 0) is 45.9 Å². The minimum atomic E-state index is 0.508. The number of nitrogens with one attached hydrogen (secondary N) is 1. The van der Waals surface area contributed by atoms with E-state index in [9.17, 15) is 0 Å². The lowest BCUT2D eigenvalue weighted by atomic mass is 9.87. The monoisotopic (exact) mass is 222 g/mol. The van der Waals surface area contributed by atoms with Crippen LogP contribution in [0.1, 0.15) is 24.6 Å². The lowest BCUT2D eigenvalue weighted by Crippen LogP contribution is -2.40. The summed E-state index contributed by atoms with van der Waals surface area (Å²) >= 11 is 0. The SMILES string of the molecule is CNC[C@H]1CCCN(C)[C@@H]1c1cncn1C. The van der Waals surface area contributed by atoms with E-state index in [0.717, 1.165) is 6.54 Å². The Morgan fingerprint density at radius 1 is 1.50 bits per heavy atom. The van der Waals surface area contributed by atoms with E-state index in [2.05, 4.69) is 33.9 Å². The van der Waals surface area contributed by atoms with Crippen LogP contribution in [0.3, 0.4) is 0 Å². The fraction of sp³-hybridized carbons (Fsp3) is 0.750. The molecule has 0 bridgehead atoms. The minimum absolute atomic E-state index is 0.508. The summed E-state index contributed by atoms with van der Waals surface area (Å²) in [6.45, 7) is 2.27.